The molecular formula is C13H30N2O5S. The first-order chi connectivity index (χ1) is 9.25. The molecule has 0 unspecified atom stereocenters. The van der Waals surface area contributed by atoms with Gasteiger partial charge in [0.05, 0.1) is 33.9 Å². The molecule has 0 atom stereocenters. The monoisotopic (exact) mass is 326 g/mol. The van der Waals surface area contributed by atoms with Crippen LogP contribution in [-0.4, -0.2) is 59.3 Å². The number of hydrogen-bond acceptors (Lipinski definition) is 5. The third kappa shape index (κ3) is 15.5. The Kier molecular flexibility index (Phi) is 10.0. The molecule has 0 aromatic rings. The highest BCUT2D eigenvalue weighted by Gasteiger charge is 2.24. The highest BCUT2D eigenvalue weighted by atomic mass is 32.2. The molecule has 0 heterocycles. The van der Waals surface area contributed by atoms with Crippen molar-refractivity contribution in [2.24, 2.45) is 5.41 Å². The van der Waals surface area contributed by atoms with E-state index in [0.29, 0.717) is 6.26 Å². The van der Waals surface area contributed by atoms with Crippen molar-refractivity contribution in [1.82, 2.24) is 5.32 Å². The number of hydrogen-bond donors (Lipinski definition) is 1. The van der Waals surface area contributed by atoms with Gasteiger partial charge in [-0.15, -0.1) is 0 Å². The van der Waals surface area contributed by atoms with Gasteiger partial charge in [-0.1, -0.05) is 20.8 Å². The zero-order valence-electron chi connectivity index (χ0n) is 14.2. The summed E-state index contributed by atoms with van der Waals surface area (Å²) in [5.41, 5.74) is -0.226. The Bertz CT molecular complexity index is 399. The normalized spacial score (nSPS) is 12.4. The van der Waals surface area contributed by atoms with Crippen LogP contribution in [0.25, 0.3) is 0 Å². The summed E-state index contributed by atoms with van der Waals surface area (Å²) in [6.45, 7) is 7.90. The smallest absolute Gasteiger partial charge is 0.255 e. The molecule has 0 aliphatic carbocycles. The third-order valence-corrected chi connectivity index (χ3v) is 3.16. The molecule has 0 rings (SSSR count). The van der Waals surface area contributed by atoms with Gasteiger partial charge in [0.2, 0.25) is 5.91 Å². The van der Waals surface area contributed by atoms with Crippen LogP contribution < -0.4 is 10.6 Å². The van der Waals surface area contributed by atoms with E-state index < -0.39 is 10.1 Å². The number of carbonyl (C=O) groups excluding carboxylic acids is 1. The Morgan fingerprint density at radius 1 is 1.29 bits per heavy atom. The van der Waals surface area contributed by atoms with Crippen molar-refractivity contribution in [3.05, 3.63) is 0 Å². The molecule has 0 aliphatic heterocycles. The largest absolute Gasteiger partial charge is 0.707 e. The maximum absolute atomic E-state index is 11.7. The summed E-state index contributed by atoms with van der Waals surface area (Å²) in [6, 6.07) is 0. The van der Waals surface area contributed by atoms with Gasteiger partial charge in [0.25, 0.3) is 10.1 Å². The minimum absolute atomic E-state index is 0.173. The number of nitrogens with one attached hydrogen (secondary N) is 1. The van der Waals surface area contributed by atoms with Crippen LogP contribution in [0.5, 0.6) is 0 Å². The van der Waals surface area contributed by atoms with Crippen LogP contribution in [0.1, 0.15) is 33.6 Å². The van der Waals surface area contributed by atoms with Crippen LogP contribution >= 0.6 is 0 Å². The molecule has 0 radical (unpaired) electrons. The molecule has 0 fully saturated rings. The van der Waals surface area contributed by atoms with Crippen LogP contribution in [0.4, 0.5) is 0 Å². The van der Waals surface area contributed by atoms with Crippen LogP contribution in [0.15, 0.2) is 0 Å². The number of rotatable bonds is 7. The molecule has 8 heteroatoms. The second-order valence-corrected chi connectivity index (χ2v) is 8.18. The lowest BCUT2D eigenvalue weighted by Gasteiger charge is -2.25. The molecule has 0 spiro atoms. The van der Waals surface area contributed by atoms with Crippen LogP contribution in [0.2, 0.25) is 0 Å². The van der Waals surface area contributed by atoms with Crippen molar-refractivity contribution in [1.29, 1.82) is 0 Å². The molecule has 128 valence electrons. The lowest BCUT2D eigenvalue weighted by atomic mass is 9.89. The topological polar surface area (TPSA) is 95.5 Å². The molecule has 0 saturated carbocycles. The van der Waals surface area contributed by atoms with E-state index in [1.165, 1.54) is 0 Å². The second-order valence-electron chi connectivity index (χ2n) is 6.63. The molecular weight excluding hydrogens is 296 g/mol. The fraction of sp³-hybridized carbons (Fsp3) is 0.923. The van der Waals surface area contributed by atoms with E-state index in [2.05, 4.69) is 30.8 Å². The van der Waals surface area contributed by atoms with Gasteiger partial charge in [0.1, 0.15) is 0 Å². The standard InChI is InChI=1S/C12H26N2O.CH4O4S/c1-7-12(2,3)11(15)13-9-8-10-14(4,5)6;1-6(3,4)5-2/h7-10H2,1-6H3;2H,1H3. The van der Waals surface area contributed by atoms with Gasteiger partial charge in [-0.2, -0.15) is 0 Å². The summed E-state index contributed by atoms with van der Waals surface area (Å²) in [5, 5.41) is 11.9. The van der Waals surface area contributed by atoms with Crippen molar-refractivity contribution in [2.45, 2.75) is 33.6 Å². The Morgan fingerprint density at radius 3 is 2.00 bits per heavy atom. The lowest BCUT2D eigenvalue weighted by Crippen LogP contribution is -2.40. The first-order valence-corrected chi connectivity index (χ1v) is 8.67. The SMILES string of the molecule is CCC(C)(C)C(=O)NCCC[N+](C)(C)C.CS(=O)(=O)O[O-]. The van der Waals surface area contributed by atoms with Gasteiger partial charge in [-0.3, -0.25) is 4.79 Å². The molecule has 0 saturated heterocycles. The minimum atomic E-state index is -3.72. The molecule has 7 nitrogen and oxygen atoms in total. The minimum Gasteiger partial charge on any atom is -0.707 e. The highest BCUT2D eigenvalue weighted by Crippen LogP contribution is 2.19. The van der Waals surface area contributed by atoms with E-state index in [-0.39, 0.29) is 11.3 Å². The van der Waals surface area contributed by atoms with Crippen molar-refractivity contribution >= 4 is 16.0 Å². The summed E-state index contributed by atoms with van der Waals surface area (Å²) in [7, 11) is 2.78. The Hall–Kier alpha value is -0.700. The Morgan fingerprint density at radius 2 is 1.71 bits per heavy atom. The fourth-order valence-corrected chi connectivity index (χ4v) is 1.16. The third-order valence-electron chi connectivity index (χ3n) is 2.91. The van der Waals surface area contributed by atoms with Crippen LogP contribution in [-0.2, 0) is 19.2 Å². The van der Waals surface area contributed by atoms with Crippen LogP contribution in [0.3, 0.4) is 0 Å². The van der Waals surface area contributed by atoms with E-state index in [9.17, 15) is 13.2 Å². The highest BCUT2D eigenvalue weighted by molar-refractivity contribution is 7.85. The number of amides is 1. The molecule has 0 aromatic carbocycles. The van der Waals surface area contributed by atoms with Gasteiger partial charge in [-0.25, -0.2) is 8.42 Å². The predicted octanol–water partition coefficient (Wildman–Crippen LogP) is -0.127. The lowest BCUT2D eigenvalue weighted by molar-refractivity contribution is -0.870. The maximum atomic E-state index is 11.7. The van der Waals surface area contributed by atoms with Gasteiger partial charge in [0, 0.05) is 18.4 Å². The predicted molar refractivity (Wildman–Crippen MR) is 80.5 cm³/mol. The molecule has 21 heavy (non-hydrogen) atoms. The Balaban J connectivity index is 0. The van der Waals surface area contributed by atoms with Gasteiger partial charge in [0.15, 0.2) is 0 Å². The molecule has 0 aliphatic rings. The van der Waals surface area contributed by atoms with Gasteiger partial charge >= 0.3 is 0 Å². The Labute approximate surface area is 128 Å². The van der Waals surface area contributed by atoms with E-state index in [4.69, 9.17) is 5.26 Å². The van der Waals surface area contributed by atoms with E-state index in [1.807, 2.05) is 20.8 Å². The summed E-state index contributed by atoms with van der Waals surface area (Å²) in [5.74, 6) is 0.173. The zero-order valence-corrected chi connectivity index (χ0v) is 15.0. The quantitative estimate of drug-likeness (QED) is 0.304. The van der Waals surface area contributed by atoms with Crippen molar-refractivity contribution < 1.29 is 27.3 Å². The fourth-order valence-electron chi connectivity index (χ4n) is 1.16. The molecule has 0 aromatic heterocycles. The van der Waals surface area contributed by atoms with Gasteiger partial charge < -0.3 is 19.4 Å². The molecule has 1 N–H and O–H groups in total. The number of carbonyl (C=O) groups is 1. The molecule has 1 amide bonds. The average molecular weight is 326 g/mol. The van der Waals surface area contributed by atoms with Crippen LogP contribution in [0, 0.1) is 5.41 Å². The van der Waals surface area contributed by atoms with Crippen molar-refractivity contribution in [3.63, 3.8) is 0 Å². The first-order valence-electron chi connectivity index (χ1n) is 6.85. The summed E-state index contributed by atoms with van der Waals surface area (Å²) in [6.07, 6.45) is 2.60. The van der Waals surface area contributed by atoms with Gasteiger partial charge in [-0.05, 0) is 6.42 Å². The first kappa shape index (κ1) is 22.6. The molecule has 0 bridgehead atoms. The summed E-state index contributed by atoms with van der Waals surface area (Å²) >= 11 is 0. The van der Waals surface area contributed by atoms with Crippen molar-refractivity contribution in [3.8, 4) is 0 Å². The van der Waals surface area contributed by atoms with Crippen molar-refractivity contribution in [2.75, 3.05) is 40.5 Å². The number of quaternary nitrogens is 1. The zero-order chi connectivity index (χ0) is 17.3. The van der Waals surface area contributed by atoms with E-state index in [1.54, 1.807) is 0 Å². The second kappa shape index (κ2) is 9.34. The summed E-state index contributed by atoms with van der Waals surface area (Å²) < 4.78 is 22.5. The van der Waals surface area contributed by atoms with E-state index >= 15 is 0 Å². The average Bonchev–Trinajstić information content (AvgIpc) is 2.33. The summed E-state index contributed by atoms with van der Waals surface area (Å²) in [4.78, 5) is 11.7. The number of nitrogens with zero attached hydrogens (tertiary/aromatic N) is 1. The maximum Gasteiger partial charge on any atom is 0.255 e. The van der Waals surface area contributed by atoms with E-state index in [0.717, 1.165) is 30.4 Å².